The lowest BCUT2D eigenvalue weighted by Crippen LogP contribution is -2.24. The number of ether oxygens (including phenoxy) is 1. The van der Waals surface area contributed by atoms with Crippen LogP contribution in [0, 0.1) is 13.8 Å². The third-order valence-electron chi connectivity index (χ3n) is 2.49. The van der Waals surface area contributed by atoms with Gasteiger partial charge in [0.05, 0.1) is 0 Å². The molecule has 70 valence electrons. The van der Waals surface area contributed by atoms with Crippen molar-refractivity contribution in [3.05, 3.63) is 28.8 Å². The number of hydrogen-bond donors (Lipinski definition) is 1. The number of rotatable bonds is 1. The fourth-order valence-corrected chi connectivity index (χ4v) is 1.95. The summed E-state index contributed by atoms with van der Waals surface area (Å²) in [5, 5.41) is 0. The van der Waals surface area contributed by atoms with E-state index in [9.17, 15) is 0 Å². The van der Waals surface area contributed by atoms with E-state index in [1.54, 1.807) is 0 Å². The molecule has 0 radical (unpaired) electrons. The minimum absolute atomic E-state index is 0.190. The van der Waals surface area contributed by atoms with Gasteiger partial charge in [0, 0.05) is 13.0 Å². The quantitative estimate of drug-likeness (QED) is 0.706. The Kier molecular flexibility index (Phi) is 2.00. The Morgan fingerprint density at radius 3 is 2.92 bits per heavy atom. The Labute approximate surface area is 78.7 Å². The van der Waals surface area contributed by atoms with Crippen LogP contribution in [-0.2, 0) is 6.42 Å². The predicted octanol–water partition coefficient (Wildman–Crippen LogP) is 1.57. The minimum atomic E-state index is 0.190. The maximum absolute atomic E-state index is 5.72. The van der Waals surface area contributed by atoms with Crippen LogP contribution in [0.4, 0.5) is 0 Å². The molecule has 0 spiro atoms. The maximum Gasteiger partial charge on any atom is 0.126 e. The highest BCUT2D eigenvalue weighted by atomic mass is 16.5. The molecule has 2 N–H and O–H groups in total. The van der Waals surface area contributed by atoms with Crippen LogP contribution in [-0.4, -0.2) is 12.6 Å². The molecule has 1 heterocycles. The summed E-state index contributed by atoms with van der Waals surface area (Å²) in [5.41, 5.74) is 9.42. The third-order valence-corrected chi connectivity index (χ3v) is 2.49. The monoisotopic (exact) mass is 177 g/mol. The Morgan fingerprint density at radius 1 is 1.46 bits per heavy atom. The number of benzene rings is 1. The van der Waals surface area contributed by atoms with E-state index in [4.69, 9.17) is 10.5 Å². The van der Waals surface area contributed by atoms with E-state index in [-0.39, 0.29) is 6.10 Å². The van der Waals surface area contributed by atoms with Crippen LogP contribution in [0.1, 0.15) is 16.7 Å². The van der Waals surface area contributed by atoms with E-state index < -0.39 is 0 Å². The van der Waals surface area contributed by atoms with Gasteiger partial charge in [-0.25, -0.2) is 0 Å². The molecule has 13 heavy (non-hydrogen) atoms. The van der Waals surface area contributed by atoms with Crippen LogP contribution in [0.25, 0.3) is 0 Å². The van der Waals surface area contributed by atoms with Crippen LogP contribution in [0.15, 0.2) is 12.1 Å². The number of aryl methyl sites for hydroxylation is 2. The zero-order valence-corrected chi connectivity index (χ0v) is 8.13. The van der Waals surface area contributed by atoms with Gasteiger partial charge in [0.15, 0.2) is 0 Å². The van der Waals surface area contributed by atoms with Crippen molar-refractivity contribution in [1.82, 2.24) is 0 Å². The molecule has 0 unspecified atom stereocenters. The van der Waals surface area contributed by atoms with Crippen molar-refractivity contribution in [1.29, 1.82) is 0 Å². The van der Waals surface area contributed by atoms with Gasteiger partial charge in [-0.1, -0.05) is 17.7 Å². The Hall–Kier alpha value is -1.02. The summed E-state index contributed by atoms with van der Waals surface area (Å²) in [6.45, 7) is 4.81. The molecule has 0 aliphatic carbocycles. The van der Waals surface area contributed by atoms with Crippen LogP contribution >= 0.6 is 0 Å². The second-order valence-corrected chi connectivity index (χ2v) is 3.75. The van der Waals surface area contributed by atoms with Crippen molar-refractivity contribution in [3.63, 3.8) is 0 Å². The van der Waals surface area contributed by atoms with E-state index in [1.807, 2.05) is 0 Å². The van der Waals surface area contributed by atoms with Crippen molar-refractivity contribution in [2.24, 2.45) is 5.73 Å². The van der Waals surface area contributed by atoms with Crippen molar-refractivity contribution >= 4 is 0 Å². The van der Waals surface area contributed by atoms with E-state index in [0.717, 1.165) is 12.2 Å². The molecule has 1 aliphatic rings. The summed E-state index contributed by atoms with van der Waals surface area (Å²) < 4.78 is 5.72. The van der Waals surface area contributed by atoms with Crippen molar-refractivity contribution in [2.45, 2.75) is 26.4 Å². The number of hydrogen-bond acceptors (Lipinski definition) is 2. The van der Waals surface area contributed by atoms with Crippen LogP contribution in [0.2, 0.25) is 0 Å². The lowest BCUT2D eigenvalue weighted by Gasteiger charge is -2.08. The predicted molar refractivity (Wildman–Crippen MR) is 53.1 cm³/mol. The standard InChI is InChI=1S/C11H15NO/c1-7-3-8(2)11-9(4-7)5-10(6-12)13-11/h3-4,10H,5-6,12H2,1-2H3/t10-/m0/s1. The molecule has 1 atom stereocenters. The summed E-state index contributed by atoms with van der Waals surface area (Å²) in [5.74, 6) is 1.06. The van der Waals surface area contributed by atoms with E-state index in [1.165, 1.54) is 16.7 Å². The molecule has 0 aromatic heterocycles. The van der Waals surface area contributed by atoms with Gasteiger partial charge in [0.25, 0.3) is 0 Å². The molecule has 1 aliphatic heterocycles. The molecular weight excluding hydrogens is 162 g/mol. The zero-order chi connectivity index (χ0) is 9.42. The van der Waals surface area contributed by atoms with E-state index >= 15 is 0 Å². The Balaban J connectivity index is 2.40. The van der Waals surface area contributed by atoms with Crippen LogP contribution in [0.5, 0.6) is 5.75 Å². The first-order chi connectivity index (χ1) is 6.20. The summed E-state index contributed by atoms with van der Waals surface area (Å²) >= 11 is 0. The van der Waals surface area contributed by atoms with Crippen molar-refractivity contribution in [3.8, 4) is 5.75 Å². The van der Waals surface area contributed by atoms with E-state index in [0.29, 0.717) is 6.54 Å². The molecule has 0 saturated carbocycles. The molecule has 2 heteroatoms. The second kappa shape index (κ2) is 3.04. The highest BCUT2D eigenvalue weighted by Gasteiger charge is 2.22. The minimum Gasteiger partial charge on any atom is -0.488 e. The number of nitrogens with two attached hydrogens (primary N) is 1. The normalized spacial score (nSPS) is 19.8. The molecule has 0 fully saturated rings. The summed E-state index contributed by atoms with van der Waals surface area (Å²) in [6, 6.07) is 4.34. The van der Waals surface area contributed by atoms with Crippen LogP contribution < -0.4 is 10.5 Å². The van der Waals surface area contributed by atoms with Gasteiger partial charge in [-0.2, -0.15) is 0 Å². The molecule has 1 aromatic rings. The highest BCUT2D eigenvalue weighted by Crippen LogP contribution is 2.32. The van der Waals surface area contributed by atoms with Crippen molar-refractivity contribution < 1.29 is 4.74 Å². The lowest BCUT2D eigenvalue weighted by atomic mass is 10.0. The SMILES string of the molecule is Cc1cc(C)c2c(c1)C[C@@H](CN)O2. The average molecular weight is 177 g/mol. The average Bonchev–Trinajstić information content (AvgIpc) is 2.47. The first kappa shape index (κ1) is 8.57. The largest absolute Gasteiger partial charge is 0.488 e. The zero-order valence-electron chi connectivity index (χ0n) is 8.13. The summed E-state index contributed by atoms with van der Waals surface area (Å²) in [6.07, 6.45) is 1.16. The molecule has 0 bridgehead atoms. The van der Waals surface area contributed by atoms with Crippen LogP contribution in [0.3, 0.4) is 0 Å². The summed E-state index contributed by atoms with van der Waals surface area (Å²) in [7, 11) is 0. The van der Waals surface area contributed by atoms with Gasteiger partial charge in [-0.3, -0.25) is 0 Å². The number of fused-ring (bicyclic) bond motifs is 1. The molecule has 1 aromatic carbocycles. The van der Waals surface area contributed by atoms with Gasteiger partial charge in [-0.05, 0) is 25.0 Å². The Morgan fingerprint density at radius 2 is 2.23 bits per heavy atom. The van der Waals surface area contributed by atoms with Gasteiger partial charge < -0.3 is 10.5 Å². The van der Waals surface area contributed by atoms with E-state index in [2.05, 4.69) is 26.0 Å². The van der Waals surface area contributed by atoms with Gasteiger partial charge in [-0.15, -0.1) is 0 Å². The Bertz CT molecular complexity index is 333. The molecular formula is C11H15NO. The summed E-state index contributed by atoms with van der Waals surface area (Å²) in [4.78, 5) is 0. The fraction of sp³-hybridized carbons (Fsp3) is 0.455. The van der Waals surface area contributed by atoms with Gasteiger partial charge >= 0.3 is 0 Å². The van der Waals surface area contributed by atoms with Gasteiger partial charge in [0.2, 0.25) is 0 Å². The molecule has 0 saturated heterocycles. The van der Waals surface area contributed by atoms with Crippen molar-refractivity contribution in [2.75, 3.05) is 6.54 Å². The maximum atomic E-state index is 5.72. The fourth-order valence-electron chi connectivity index (χ4n) is 1.95. The lowest BCUT2D eigenvalue weighted by molar-refractivity contribution is 0.240. The topological polar surface area (TPSA) is 35.2 Å². The third kappa shape index (κ3) is 1.42. The first-order valence-electron chi connectivity index (χ1n) is 4.67. The molecule has 2 nitrogen and oxygen atoms in total. The molecule has 0 amide bonds. The first-order valence-corrected chi connectivity index (χ1v) is 4.67. The second-order valence-electron chi connectivity index (χ2n) is 3.75. The smallest absolute Gasteiger partial charge is 0.126 e. The van der Waals surface area contributed by atoms with Gasteiger partial charge in [0.1, 0.15) is 11.9 Å². The molecule has 2 rings (SSSR count). The highest BCUT2D eigenvalue weighted by molar-refractivity contribution is 5.46.